The SMILES string of the molecule is CC(C)=CCc1c(O)c(O)cc2oc(=O)ccc12. The van der Waals surface area contributed by atoms with E-state index in [9.17, 15) is 15.0 Å². The molecule has 0 fully saturated rings. The standard InChI is InChI=1S/C14H14O4/c1-8(2)3-4-10-9-5-6-13(16)18-12(9)7-11(15)14(10)17/h3,5-7,15,17H,4H2,1-2H3. The maximum absolute atomic E-state index is 11.1. The highest BCUT2D eigenvalue weighted by Crippen LogP contribution is 2.35. The summed E-state index contributed by atoms with van der Waals surface area (Å²) in [7, 11) is 0. The molecule has 0 bridgehead atoms. The number of fused-ring (bicyclic) bond motifs is 1. The summed E-state index contributed by atoms with van der Waals surface area (Å²) >= 11 is 0. The van der Waals surface area contributed by atoms with Crippen molar-refractivity contribution in [2.45, 2.75) is 20.3 Å². The van der Waals surface area contributed by atoms with E-state index < -0.39 is 5.63 Å². The number of benzene rings is 1. The van der Waals surface area contributed by atoms with Crippen molar-refractivity contribution >= 4 is 11.0 Å². The second-order valence-corrected chi connectivity index (χ2v) is 4.37. The molecule has 0 aliphatic heterocycles. The van der Waals surface area contributed by atoms with E-state index in [1.54, 1.807) is 6.07 Å². The largest absolute Gasteiger partial charge is 0.504 e. The Balaban J connectivity index is 2.72. The van der Waals surface area contributed by atoms with Crippen LogP contribution in [-0.4, -0.2) is 10.2 Å². The first-order valence-corrected chi connectivity index (χ1v) is 5.60. The predicted octanol–water partition coefficient (Wildman–Crippen LogP) is 2.71. The van der Waals surface area contributed by atoms with Gasteiger partial charge in [-0.1, -0.05) is 11.6 Å². The Morgan fingerprint density at radius 1 is 1.33 bits per heavy atom. The van der Waals surface area contributed by atoms with Gasteiger partial charge in [-0.2, -0.15) is 0 Å². The Morgan fingerprint density at radius 2 is 2.06 bits per heavy atom. The van der Waals surface area contributed by atoms with E-state index >= 15 is 0 Å². The first-order chi connectivity index (χ1) is 8.49. The van der Waals surface area contributed by atoms with Gasteiger partial charge in [-0.3, -0.25) is 0 Å². The molecule has 1 aromatic heterocycles. The number of hydrogen-bond donors (Lipinski definition) is 2. The van der Waals surface area contributed by atoms with Gasteiger partial charge >= 0.3 is 5.63 Å². The van der Waals surface area contributed by atoms with Crippen molar-refractivity contribution in [3.05, 3.63) is 45.8 Å². The zero-order valence-corrected chi connectivity index (χ0v) is 10.2. The zero-order chi connectivity index (χ0) is 13.3. The van der Waals surface area contributed by atoms with E-state index in [-0.39, 0.29) is 17.1 Å². The molecule has 4 heteroatoms. The summed E-state index contributed by atoms with van der Waals surface area (Å²) in [4.78, 5) is 11.1. The Hall–Kier alpha value is -2.23. The molecule has 2 rings (SSSR count). The maximum Gasteiger partial charge on any atom is 0.336 e. The van der Waals surface area contributed by atoms with Gasteiger partial charge in [-0.05, 0) is 26.3 Å². The number of allylic oxidation sites excluding steroid dienone is 2. The van der Waals surface area contributed by atoms with Crippen LogP contribution in [0.25, 0.3) is 11.0 Å². The van der Waals surface area contributed by atoms with Crippen molar-refractivity contribution in [2.75, 3.05) is 0 Å². The van der Waals surface area contributed by atoms with Crippen LogP contribution in [-0.2, 0) is 6.42 Å². The fourth-order valence-corrected chi connectivity index (χ4v) is 1.77. The van der Waals surface area contributed by atoms with E-state index in [2.05, 4.69) is 0 Å². The fraction of sp³-hybridized carbons (Fsp3) is 0.214. The lowest BCUT2D eigenvalue weighted by atomic mass is 10.0. The number of phenols is 2. The van der Waals surface area contributed by atoms with Gasteiger partial charge in [0.2, 0.25) is 0 Å². The Morgan fingerprint density at radius 3 is 2.72 bits per heavy atom. The highest BCUT2D eigenvalue weighted by atomic mass is 16.4. The molecule has 2 N–H and O–H groups in total. The van der Waals surface area contributed by atoms with Crippen molar-refractivity contribution in [3.8, 4) is 11.5 Å². The number of phenolic OH excluding ortho intramolecular Hbond substituents is 2. The lowest BCUT2D eigenvalue weighted by Crippen LogP contribution is -1.96. The molecule has 94 valence electrons. The monoisotopic (exact) mass is 246 g/mol. The van der Waals surface area contributed by atoms with Crippen LogP contribution in [0.15, 0.2) is 39.1 Å². The number of hydrogen-bond acceptors (Lipinski definition) is 4. The molecule has 0 saturated carbocycles. The minimum absolute atomic E-state index is 0.172. The Kier molecular flexibility index (Phi) is 3.10. The van der Waals surface area contributed by atoms with Crippen LogP contribution in [0.2, 0.25) is 0 Å². The molecule has 0 saturated heterocycles. The molecule has 0 unspecified atom stereocenters. The first-order valence-electron chi connectivity index (χ1n) is 5.60. The van der Waals surface area contributed by atoms with Gasteiger partial charge in [0.1, 0.15) is 5.58 Å². The molecule has 0 atom stereocenters. The van der Waals surface area contributed by atoms with Crippen molar-refractivity contribution in [2.24, 2.45) is 0 Å². The van der Waals surface area contributed by atoms with Crippen LogP contribution in [0.5, 0.6) is 11.5 Å². The molecule has 0 aliphatic carbocycles. The summed E-state index contributed by atoms with van der Waals surface area (Å²) in [6.45, 7) is 3.89. The van der Waals surface area contributed by atoms with Crippen LogP contribution in [0.4, 0.5) is 0 Å². The van der Waals surface area contributed by atoms with Crippen LogP contribution in [0.1, 0.15) is 19.4 Å². The highest BCUT2D eigenvalue weighted by molar-refractivity contribution is 5.85. The third-order valence-corrected chi connectivity index (χ3v) is 2.70. The normalized spacial score (nSPS) is 10.6. The topological polar surface area (TPSA) is 70.7 Å². The molecule has 1 heterocycles. The van der Waals surface area contributed by atoms with E-state index in [0.717, 1.165) is 5.57 Å². The molecular weight excluding hydrogens is 232 g/mol. The minimum Gasteiger partial charge on any atom is -0.504 e. The molecule has 0 aliphatic rings. The van der Waals surface area contributed by atoms with Crippen LogP contribution < -0.4 is 5.63 Å². The summed E-state index contributed by atoms with van der Waals surface area (Å²) < 4.78 is 5.00. The Labute approximate surface area is 104 Å². The number of rotatable bonds is 2. The van der Waals surface area contributed by atoms with Crippen molar-refractivity contribution in [1.29, 1.82) is 0 Å². The molecule has 0 amide bonds. The molecule has 18 heavy (non-hydrogen) atoms. The third-order valence-electron chi connectivity index (χ3n) is 2.70. The zero-order valence-electron chi connectivity index (χ0n) is 10.2. The summed E-state index contributed by atoms with van der Waals surface area (Å²) in [6, 6.07) is 4.14. The minimum atomic E-state index is -0.485. The molecule has 1 aromatic carbocycles. The molecule has 2 aromatic rings. The van der Waals surface area contributed by atoms with Crippen LogP contribution in [0, 0.1) is 0 Å². The number of aromatic hydroxyl groups is 2. The molecular formula is C14H14O4. The van der Waals surface area contributed by atoms with Crippen molar-refractivity contribution in [3.63, 3.8) is 0 Å². The summed E-state index contributed by atoms with van der Waals surface area (Å²) in [5.74, 6) is -0.456. The summed E-state index contributed by atoms with van der Waals surface area (Å²) in [6.07, 6.45) is 2.39. The van der Waals surface area contributed by atoms with E-state index in [0.29, 0.717) is 17.4 Å². The average molecular weight is 246 g/mol. The van der Waals surface area contributed by atoms with Gasteiger partial charge < -0.3 is 14.6 Å². The average Bonchev–Trinajstić information content (AvgIpc) is 2.29. The van der Waals surface area contributed by atoms with Gasteiger partial charge in [0.15, 0.2) is 11.5 Å². The van der Waals surface area contributed by atoms with Gasteiger partial charge in [0, 0.05) is 23.1 Å². The third kappa shape index (κ3) is 2.22. The molecule has 4 nitrogen and oxygen atoms in total. The summed E-state index contributed by atoms with van der Waals surface area (Å²) in [5.41, 5.74) is 1.44. The predicted molar refractivity (Wildman–Crippen MR) is 68.9 cm³/mol. The first kappa shape index (κ1) is 12.2. The molecule has 0 radical (unpaired) electrons. The van der Waals surface area contributed by atoms with E-state index in [1.165, 1.54) is 12.1 Å². The van der Waals surface area contributed by atoms with Crippen LogP contribution in [0.3, 0.4) is 0 Å². The molecule has 0 spiro atoms. The van der Waals surface area contributed by atoms with Gasteiger partial charge in [-0.25, -0.2) is 4.79 Å². The van der Waals surface area contributed by atoms with Crippen molar-refractivity contribution in [1.82, 2.24) is 0 Å². The fourth-order valence-electron chi connectivity index (χ4n) is 1.77. The second kappa shape index (κ2) is 4.56. The quantitative estimate of drug-likeness (QED) is 0.485. The van der Waals surface area contributed by atoms with Gasteiger partial charge in [0.25, 0.3) is 0 Å². The lowest BCUT2D eigenvalue weighted by molar-refractivity contribution is 0.400. The van der Waals surface area contributed by atoms with Gasteiger partial charge in [-0.15, -0.1) is 0 Å². The van der Waals surface area contributed by atoms with Crippen LogP contribution >= 0.6 is 0 Å². The summed E-state index contributed by atoms with van der Waals surface area (Å²) in [5, 5.41) is 20.1. The van der Waals surface area contributed by atoms with Gasteiger partial charge in [0.05, 0.1) is 0 Å². The van der Waals surface area contributed by atoms with E-state index in [4.69, 9.17) is 4.42 Å². The Bertz CT molecular complexity index is 676. The smallest absolute Gasteiger partial charge is 0.336 e. The maximum atomic E-state index is 11.1. The lowest BCUT2D eigenvalue weighted by Gasteiger charge is -2.08. The van der Waals surface area contributed by atoms with Crippen molar-refractivity contribution < 1.29 is 14.6 Å². The second-order valence-electron chi connectivity index (χ2n) is 4.37. The van der Waals surface area contributed by atoms with E-state index in [1.807, 2.05) is 19.9 Å². The highest BCUT2D eigenvalue weighted by Gasteiger charge is 2.12.